The third-order valence-electron chi connectivity index (χ3n) is 5.86. The van der Waals surface area contributed by atoms with Crippen LogP contribution in [-0.4, -0.2) is 71.6 Å². The number of carbonyl (C=O) groups is 4. The molecule has 0 bridgehead atoms. The molecule has 1 saturated carbocycles. The van der Waals surface area contributed by atoms with Gasteiger partial charge in [0.2, 0.25) is 5.91 Å². The van der Waals surface area contributed by atoms with Crippen molar-refractivity contribution >= 4 is 63.4 Å². The van der Waals surface area contributed by atoms with E-state index in [1.54, 1.807) is 6.92 Å². The Morgan fingerprint density at radius 3 is 2.46 bits per heavy atom. The van der Waals surface area contributed by atoms with Crippen LogP contribution in [-0.2, 0) is 20.7 Å². The Balaban J connectivity index is 0.00000228. The van der Waals surface area contributed by atoms with Gasteiger partial charge in [-0.1, -0.05) is 34.5 Å². The molecule has 2 aromatic heterocycles. The number of hydrogen-bond acceptors (Lipinski definition) is 8. The minimum Gasteiger partial charge on any atom is -1.00 e. The number of hydrogen-bond donors (Lipinski definition) is 4. The van der Waals surface area contributed by atoms with E-state index < -0.39 is 24.4 Å². The molecule has 0 spiro atoms. The molecule has 3 heterocycles. The molecule has 1 unspecified atom stereocenters. The van der Waals surface area contributed by atoms with Crippen molar-refractivity contribution in [1.29, 1.82) is 0 Å². The summed E-state index contributed by atoms with van der Waals surface area (Å²) >= 11 is 13.3. The van der Waals surface area contributed by atoms with Crippen molar-refractivity contribution in [1.82, 2.24) is 20.6 Å². The predicted octanol–water partition coefficient (Wildman–Crippen LogP) is -1.40. The average molecular weight is 538 g/mol. The van der Waals surface area contributed by atoms with E-state index in [0.29, 0.717) is 28.9 Å². The summed E-state index contributed by atoms with van der Waals surface area (Å²) < 4.78 is 4.80. The van der Waals surface area contributed by atoms with Crippen molar-refractivity contribution < 1.29 is 49.3 Å². The molecule has 2 aromatic rings. The van der Waals surface area contributed by atoms with Crippen molar-refractivity contribution in [2.24, 2.45) is 11.8 Å². The predicted molar refractivity (Wildman–Crippen MR) is 125 cm³/mol. The van der Waals surface area contributed by atoms with E-state index in [9.17, 15) is 19.2 Å². The zero-order chi connectivity index (χ0) is 24.7. The molecule has 2 aliphatic rings. The Labute approximate surface area is 227 Å². The Bertz CT molecular complexity index is 1180. The van der Waals surface area contributed by atoms with Crippen LogP contribution in [0.25, 0.3) is 0 Å². The maximum atomic E-state index is 12.6. The number of nitrogens with zero attached hydrogens (tertiary/aromatic N) is 2. The third-order valence-corrected chi connectivity index (χ3v) is 7.95. The standard InChI is InChI=1S/C20H21Cl2N5O6S.Li.H/c1-7-13(21)14(22)16(24-7)18(31)26-15-8-5-27(6-9(8)15)20-25-10(17(34-20)19(32)33-2)3-11(28)23-4-12(29)30;;/h8-9,15,24H,3-6H2,1-2H3,(H,23,28)(H,26,31)(H,29,30);;/q;+1;-1/t8-,9+,15?;;. The molecular weight excluding hydrogens is 516 g/mol. The van der Waals surface area contributed by atoms with Gasteiger partial charge in [-0.15, -0.1) is 0 Å². The van der Waals surface area contributed by atoms with E-state index >= 15 is 0 Å². The number of halogens is 2. The van der Waals surface area contributed by atoms with Gasteiger partial charge in [0.25, 0.3) is 5.91 Å². The number of carbonyl (C=O) groups excluding carboxylic acids is 3. The maximum absolute atomic E-state index is 12.6. The van der Waals surface area contributed by atoms with Gasteiger partial charge < -0.3 is 31.8 Å². The van der Waals surface area contributed by atoms with E-state index in [0.717, 1.165) is 11.3 Å². The zero-order valence-electron chi connectivity index (χ0n) is 20.1. The Morgan fingerprint density at radius 2 is 1.91 bits per heavy atom. The van der Waals surface area contributed by atoms with Crippen LogP contribution in [0, 0.1) is 18.8 Å². The number of anilines is 1. The van der Waals surface area contributed by atoms with Gasteiger partial charge in [-0.25, -0.2) is 9.78 Å². The minimum atomic E-state index is -1.17. The maximum Gasteiger partial charge on any atom is 1.00 e. The molecule has 4 N–H and O–H groups in total. The molecule has 0 aromatic carbocycles. The number of thiazole rings is 1. The Kier molecular flexibility index (Phi) is 8.44. The molecule has 11 nitrogen and oxygen atoms in total. The summed E-state index contributed by atoms with van der Waals surface area (Å²) in [7, 11) is 1.24. The van der Waals surface area contributed by atoms with Crippen LogP contribution in [0.1, 0.15) is 33.0 Å². The number of H-pyrrole nitrogens is 1. The van der Waals surface area contributed by atoms with E-state index in [2.05, 4.69) is 20.6 Å². The summed E-state index contributed by atoms with van der Waals surface area (Å²) in [6, 6.07) is -0.0106. The summed E-state index contributed by atoms with van der Waals surface area (Å²) in [5.41, 5.74) is 1.09. The fourth-order valence-electron chi connectivity index (χ4n) is 4.08. The molecule has 0 radical (unpaired) electrons. The van der Waals surface area contributed by atoms with Crippen molar-refractivity contribution in [3.63, 3.8) is 0 Å². The number of carboxylic acid groups (broad SMARTS) is 1. The van der Waals surface area contributed by atoms with Gasteiger partial charge in [0.15, 0.2) is 5.13 Å². The van der Waals surface area contributed by atoms with Crippen LogP contribution in [0.2, 0.25) is 10.0 Å². The number of aliphatic carboxylic acids is 1. The number of rotatable bonds is 8. The minimum absolute atomic E-state index is 0. The summed E-state index contributed by atoms with van der Waals surface area (Å²) in [6.45, 7) is 2.44. The number of amides is 2. The van der Waals surface area contributed by atoms with E-state index in [1.807, 2.05) is 4.90 Å². The molecular formula is C20H22Cl2LiN5O6S. The van der Waals surface area contributed by atoms with Gasteiger partial charge in [-0.3, -0.25) is 14.4 Å². The van der Waals surface area contributed by atoms with Crippen molar-refractivity contribution in [2.45, 2.75) is 19.4 Å². The summed E-state index contributed by atoms with van der Waals surface area (Å²) in [5, 5.41) is 15.0. The molecule has 2 fully saturated rings. The molecule has 15 heteroatoms. The first-order valence-electron chi connectivity index (χ1n) is 10.3. The van der Waals surface area contributed by atoms with Gasteiger partial charge >= 0.3 is 30.8 Å². The molecule has 3 atom stereocenters. The molecule has 35 heavy (non-hydrogen) atoms. The van der Waals surface area contributed by atoms with Crippen molar-refractivity contribution in [3.8, 4) is 0 Å². The molecule has 1 aliphatic heterocycles. The number of aromatic nitrogens is 2. The first kappa shape index (κ1) is 27.4. The summed E-state index contributed by atoms with van der Waals surface area (Å²) in [4.78, 5) is 57.0. The first-order chi connectivity index (χ1) is 16.1. The monoisotopic (exact) mass is 537 g/mol. The molecule has 2 amide bonds. The van der Waals surface area contributed by atoms with E-state index in [-0.39, 0.29) is 71.8 Å². The SMILES string of the molecule is COC(=O)c1sc(N2C[C@@H]3C(NC(=O)c4[nH]c(C)c(Cl)c4Cl)[C@@H]3C2)nc1CC(=O)NCC(=O)O.[H-].[Li+]. The number of fused-ring (bicyclic) bond motifs is 1. The number of aryl methyl sites for hydroxylation is 1. The molecule has 1 saturated heterocycles. The Morgan fingerprint density at radius 1 is 1.26 bits per heavy atom. The van der Waals surface area contributed by atoms with Crippen molar-refractivity contribution in [2.75, 3.05) is 31.6 Å². The average Bonchev–Trinajstić information content (AvgIpc) is 3.15. The van der Waals surface area contributed by atoms with Gasteiger partial charge in [0, 0.05) is 36.7 Å². The number of carboxylic acids is 1. The van der Waals surface area contributed by atoms with Gasteiger partial charge in [-0.2, -0.15) is 0 Å². The van der Waals surface area contributed by atoms with E-state index in [4.69, 9.17) is 33.0 Å². The van der Waals surface area contributed by atoms with Gasteiger partial charge in [0.05, 0.1) is 29.3 Å². The number of piperidine rings is 1. The number of ether oxygens (including phenoxy) is 1. The quantitative estimate of drug-likeness (QED) is 0.237. The molecule has 4 rings (SSSR count). The van der Waals surface area contributed by atoms with Crippen LogP contribution in [0.5, 0.6) is 0 Å². The largest absolute Gasteiger partial charge is 1.00 e. The van der Waals surface area contributed by atoms with Crippen LogP contribution < -0.4 is 34.4 Å². The van der Waals surface area contributed by atoms with Crippen LogP contribution in [0.3, 0.4) is 0 Å². The second-order valence-electron chi connectivity index (χ2n) is 8.10. The third kappa shape index (κ3) is 5.62. The first-order valence-corrected chi connectivity index (χ1v) is 11.8. The molecule has 1 aliphatic carbocycles. The molecule has 184 valence electrons. The van der Waals surface area contributed by atoms with E-state index in [1.165, 1.54) is 7.11 Å². The fourth-order valence-corrected chi connectivity index (χ4v) is 5.52. The van der Waals surface area contributed by atoms with Crippen LogP contribution in [0.15, 0.2) is 0 Å². The van der Waals surface area contributed by atoms with Gasteiger partial charge in [-0.05, 0) is 6.92 Å². The topological polar surface area (TPSA) is 154 Å². The number of nitrogens with one attached hydrogen (secondary N) is 3. The fraction of sp³-hybridized carbons (Fsp3) is 0.450. The second-order valence-corrected chi connectivity index (χ2v) is 9.83. The smallest absolute Gasteiger partial charge is 1.00 e. The summed E-state index contributed by atoms with van der Waals surface area (Å²) in [6.07, 6.45) is -0.244. The summed E-state index contributed by atoms with van der Waals surface area (Å²) in [5.74, 6) is -2.24. The number of methoxy groups -OCH3 is 1. The van der Waals surface area contributed by atoms with Gasteiger partial charge in [0.1, 0.15) is 17.1 Å². The Hall–Kier alpha value is -2.23. The normalized spacial score (nSPS) is 20.0. The zero-order valence-corrected chi connectivity index (χ0v) is 21.4. The number of esters is 1. The number of aromatic amines is 1. The van der Waals surface area contributed by atoms with Crippen molar-refractivity contribution in [3.05, 3.63) is 32.0 Å². The van der Waals surface area contributed by atoms with Crippen LogP contribution >= 0.6 is 34.5 Å². The van der Waals surface area contributed by atoms with Crippen LogP contribution in [0.4, 0.5) is 5.13 Å². The second kappa shape index (κ2) is 10.8.